The number of fused-ring (bicyclic) bond motifs is 2. The number of Topliss-reactive ketones (excluding diaryl/α,β-unsaturated/α-hetero) is 1. The van der Waals surface area contributed by atoms with Crippen molar-refractivity contribution in [1.82, 2.24) is 4.98 Å². The van der Waals surface area contributed by atoms with Gasteiger partial charge in [0.25, 0.3) is 0 Å². The van der Waals surface area contributed by atoms with E-state index < -0.39 is 0 Å². The van der Waals surface area contributed by atoms with Crippen molar-refractivity contribution in [1.29, 1.82) is 0 Å². The van der Waals surface area contributed by atoms with Crippen LogP contribution in [0.4, 0.5) is 0 Å². The second-order valence-corrected chi connectivity index (χ2v) is 7.56. The highest BCUT2D eigenvalue weighted by Crippen LogP contribution is 2.31. The smallest absolute Gasteiger partial charge is 0.161 e. The van der Waals surface area contributed by atoms with Gasteiger partial charge in [0.2, 0.25) is 0 Å². The van der Waals surface area contributed by atoms with Crippen LogP contribution in [0.15, 0.2) is 42.5 Å². The van der Waals surface area contributed by atoms with Gasteiger partial charge in [-0.25, -0.2) is 4.98 Å². The molecule has 26 heavy (non-hydrogen) atoms. The van der Waals surface area contributed by atoms with E-state index in [9.17, 15) is 4.79 Å². The van der Waals surface area contributed by atoms with Crippen LogP contribution in [0.2, 0.25) is 0 Å². The molecule has 1 aliphatic heterocycles. The van der Waals surface area contributed by atoms with Crippen LogP contribution < -0.4 is 9.47 Å². The fourth-order valence-corrected chi connectivity index (χ4v) is 4.10. The highest BCUT2D eigenvalue weighted by atomic mass is 32.1. The molecular formula is C21H21NO3S. The van der Waals surface area contributed by atoms with Crippen molar-refractivity contribution in [3.63, 3.8) is 0 Å². The van der Waals surface area contributed by atoms with Crippen molar-refractivity contribution in [3.8, 4) is 11.5 Å². The number of hydrogen-bond acceptors (Lipinski definition) is 5. The standard InChI is InChI=1S/C21H21NO3S/c23-16(9-11-21-22-17-6-1-2-7-20(17)26-21)5-3-4-15-8-10-18-19(14-15)25-13-12-24-18/h1-2,6-8,10,14H,3-5,9,11-13H2. The summed E-state index contributed by atoms with van der Waals surface area (Å²) in [5, 5.41) is 1.05. The number of nitrogens with zero attached hydrogens (tertiary/aromatic N) is 1. The molecule has 2 aromatic carbocycles. The number of ether oxygens (including phenoxy) is 2. The Hall–Kier alpha value is -2.40. The molecule has 0 amide bonds. The summed E-state index contributed by atoms with van der Waals surface area (Å²) in [7, 11) is 0. The van der Waals surface area contributed by atoms with Crippen molar-refractivity contribution < 1.29 is 14.3 Å². The third kappa shape index (κ3) is 4.05. The Morgan fingerprint density at radius 3 is 2.73 bits per heavy atom. The first-order valence-electron chi connectivity index (χ1n) is 9.02. The summed E-state index contributed by atoms with van der Waals surface area (Å²) in [4.78, 5) is 16.8. The number of carbonyl (C=O) groups excluding carboxylic acids is 1. The second-order valence-electron chi connectivity index (χ2n) is 6.45. The summed E-state index contributed by atoms with van der Waals surface area (Å²) in [6.45, 7) is 1.20. The summed E-state index contributed by atoms with van der Waals surface area (Å²) < 4.78 is 12.3. The number of carbonyl (C=O) groups is 1. The van der Waals surface area contributed by atoms with E-state index in [1.165, 1.54) is 10.3 Å². The third-order valence-electron chi connectivity index (χ3n) is 4.48. The fourth-order valence-electron chi connectivity index (χ4n) is 3.13. The molecule has 5 heteroatoms. The molecular weight excluding hydrogens is 346 g/mol. The van der Waals surface area contributed by atoms with Crippen LogP contribution in [-0.2, 0) is 17.6 Å². The monoisotopic (exact) mass is 367 g/mol. The Kier molecular flexibility index (Phi) is 5.16. The molecule has 0 spiro atoms. The van der Waals surface area contributed by atoms with E-state index in [4.69, 9.17) is 9.47 Å². The zero-order valence-electron chi connectivity index (χ0n) is 14.6. The van der Waals surface area contributed by atoms with Gasteiger partial charge >= 0.3 is 0 Å². The molecule has 0 radical (unpaired) electrons. The molecule has 0 fully saturated rings. The molecule has 0 atom stereocenters. The van der Waals surface area contributed by atoms with E-state index in [2.05, 4.69) is 17.1 Å². The van der Waals surface area contributed by atoms with Crippen molar-refractivity contribution in [2.24, 2.45) is 0 Å². The predicted octanol–water partition coefficient (Wildman–Crippen LogP) is 4.59. The molecule has 3 aromatic rings. The number of aryl methyl sites for hydroxylation is 2. The van der Waals surface area contributed by atoms with E-state index >= 15 is 0 Å². The number of thiazole rings is 1. The SMILES string of the molecule is O=C(CCCc1ccc2c(c1)OCCO2)CCc1nc2ccccc2s1. The third-order valence-corrected chi connectivity index (χ3v) is 5.58. The number of benzene rings is 2. The molecule has 1 aliphatic rings. The minimum Gasteiger partial charge on any atom is -0.486 e. The molecule has 1 aromatic heterocycles. The number of ketones is 1. The maximum atomic E-state index is 12.2. The zero-order chi connectivity index (χ0) is 17.8. The average Bonchev–Trinajstić information content (AvgIpc) is 3.09. The van der Waals surface area contributed by atoms with Crippen LogP contribution in [0.1, 0.15) is 29.8 Å². The first-order chi connectivity index (χ1) is 12.8. The Balaban J connectivity index is 1.24. The Morgan fingerprint density at radius 1 is 1.00 bits per heavy atom. The lowest BCUT2D eigenvalue weighted by Gasteiger charge is -2.18. The van der Waals surface area contributed by atoms with Gasteiger partial charge < -0.3 is 9.47 Å². The predicted molar refractivity (Wildman–Crippen MR) is 103 cm³/mol. The average molecular weight is 367 g/mol. The van der Waals surface area contributed by atoms with E-state index in [1.807, 2.05) is 30.3 Å². The first-order valence-corrected chi connectivity index (χ1v) is 9.84. The van der Waals surface area contributed by atoms with E-state index in [-0.39, 0.29) is 0 Å². The van der Waals surface area contributed by atoms with Gasteiger partial charge in [-0.1, -0.05) is 18.2 Å². The lowest BCUT2D eigenvalue weighted by molar-refractivity contribution is -0.119. The normalized spacial score (nSPS) is 13.1. The molecule has 134 valence electrons. The van der Waals surface area contributed by atoms with Crippen molar-refractivity contribution >= 4 is 27.3 Å². The van der Waals surface area contributed by atoms with Gasteiger partial charge in [0.1, 0.15) is 19.0 Å². The maximum absolute atomic E-state index is 12.2. The van der Waals surface area contributed by atoms with E-state index in [1.54, 1.807) is 11.3 Å². The van der Waals surface area contributed by atoms with E-state index in [0.717, 1.165) is 41.3 Å². The Bertz CT molecular complexity index is 886. The van der Waals surface area contributed by atoms with Gasteiger partial charge in [0.15, 0.2) is 11.5 Å². The molecule has 4 rings (SSSR count). The van der Waals surface area contributed by atoms with Crippen LogP contribution in [0, 0.1) is 0 Å². The van der Waals surface area contributed by atoms with Gasteiger partial charge in [-0.15, -0.1) is 11.3 Å². The number of rotatable bonds is 7. The van der Waals surface area contributed by atoms with Crippen molar-refractivity contribution in [3.05, 3.63) is 53.0 Å². The van der Waals surface area contributed by atoms with Gasteiger partial charge in [-0.05, 0) is 42.7 Å². The molecule has 0 aliphatic carbocycles. The van der Waals surface area contributed by atoms with Gasteiger partial charge in [-0.3, -0.25) is 4.79 Å². The van der Waals surface area contributed by atoms with E-state index in [0.29, 0.717) is 31.8 Å². The summed E-state index contributed by atoms with van der Waals surface area (Å²) in [6, 6.07) is 14.1. The highest BCUT2D eigenvalue weighted by Gasteiger charge is 2.12. The Labute approximate surface area is 156 Å². The zero-order valence-corrected chi connectivity index (χ0v) is 15.4. The molecule has 0 saturated heterocycles. The van der Waals surface area contributed by atoms with Crippen LogP contribution in [-0.4, -0.2) is 24.0 Å². The quantitative estimate of drug-likeness (QED) is 0.613. The maximum Gasteiger partial charge on any atom is 0.161 e. The topological polar surface area (TPSA) is 48.4 Å². The molecule has 0 unspecified atom stereocenters. The van der Waals surface area contributed by atoms with Crippen molar-refractivity contribution in [2.75, 3.05) is 13.2 Å². The van der Waals surface area contributed by atoms with Crippen LogP contribution in [0.3, 0.4) is 0 Å². The summed E-state index contributed by atoms with van der Waals surface area (Å²) in [6.07, 6.45) is 3.66. The summed E-state index contributed by atoms with van der Waals surface area (Å²) in [5.41, 5.74) is 2.21. The molecule has 0 N–H and O–H groups in total. The number of para-hydroxylation sites is 1. The molecule has 2 heterocycles. The summed E-state index contributed by atoms with van der Waals surface area (Å²) in [5.74, 6) is 1.93. The summed E-state index contributed by atoms with van der Waals surface area (Å²) >= 11 is 1.68. The van der Waals surface area contributed by atoms with Crippen LogP contribution in [0.5, 0.6) is 11.5 Å². The molecule has 4 nitrogen and oxygen atoms in total. The second kappa shape index (κ2) is 7.87. The largest absolute Gasteiger partial charge is 0.486 e. The molecule has 0 saturated carbocycles. The van der Waals surface area contributed by atoms with Crippen LogP contribution in [0.25, 0.3) is 10.2 Å². The lowest BCUT2D eigenvalue weighted by atomic mass is 10.0. The molecule has 0 bridgehead atoms. The van der Waals surface area contributed by atoms with Gasteiger partial charge in [-0.2, -0.15) is 0 Å². The van der Waals surface area contributed by atoms with Gasteiger partial charge in [0.05, 0.1) is 15.2 Å². The number of hydrogen-bond donors (Lipinski definition) is 0. The van der Waals surface area contributed by atoms with Crippen molar-refractivity contribution in [2.45, 2.75) is 32.1 Å². The minimum atomic E-state index is 0.307. The minimum absolute atomic E-state index is 0.307. The van der Waals surface area contributed by atoms with Gasteiger partial charge in [0, 0.05) is 19.3 Å². The van der Waals surface area contributed by atoms with Crippen LogP contribution >= 0.6 is 11.3 Å². The number of aromatic nitrogens is 1. The first kappa shape index (κ1) is 17.0. The fraction of sp³-hybridized carbons (Fsp3) is 0.333. The highest BCUT2D eigenvalue weighted by molar-refractivity contribution is 7.18. The Morgan fingerprint density at radius 2 is 1.85 bits per heavy atom. The lowest BCUT2D eigenvalue weighted by Crippen LogP contribution is -2.15.